The number of piperazine rings is 1. The third-order valence-corrected chi connectivity index (χ3v) is 7.06. The molecule has 0 N–H and O–H groups in total. The predicted molar refractivity (Wildman–Crippen MR) is 127 cm³/mol. The number of aromatic nitrogens is 2. The fourth-order valence-corrected chi connectivity index (χ4v) is 5.25. The Morgan fingerprint density at radius 3 is 2.47 bits per heavy atom. The van der Waals surface area contributed by atoms with Crippen LogP contribution in [0.15, 0.2) is 54.7 Å². The second-order valence-corrected chi connectivity index (χ2v) is 9.23. The van der Waals surface area contributed by atoms with E-state index in [-0.39, 0.29) is 5.91 Å². The Balaban J connectivity index is 1.33. The molecule has 0 spiro atoms. The predicted octanol–water partition coefficient (Wildman–Crippen LogP) is 3.67. The number of carbonyl (C=O) groups excluding carboxylic acids is 1. The van der Waals surface area contributed by atoms with Gasteiger partial charge in [0.25, 0.3) is 5.91 Å². The van der Waals surface area contributed by atoms with Crippen LogP contribution in [0.25, 0.3) is 5.65 Å². The number of carbonyl (C=O) groups is 1. The van der Waals surface area contributed by atoms with Crippen molar-refractivity contribution in [1.82, 2.24) is 24.1 Å². The van der Waals surface area contributed by atoms with Crippen molar-refractivity contribution in [2.45, 2.75) is 44.8 Å². The normalized spacial score (nSPS) is 18.4. The lowest BCUT2D eigenvalue weighted by Gasteiger charge is -2.38. The van der Waals surface area contributed by atoms with Crippen molar-refractivity contribution in [3.05, 3.63) is 71.7 Å². The number of fused-ring (bicyclic) bond motifs is 1. The van der Waals surface area contributed by atoms with Crippen molar-refractivity contribution < 1.29 is 4.79 Å². The van der Waals surface area contributed by atoms with E-state index in [1.54, 1.807) is 4.90 Å². The standard InChI is InChI=1S/C26H33N5O/c1-28(19-21-9-3-2-4-10-21)26(32)25-23(31-14-8-7-13-24(31)27-25)20-29-15-17-30(18-16-29)22-11-5-6-12-22/h2-4,7-10,13-14,22H,5-6,11-12,15-20H2,1H3. The van der Waals surface area contributed by atoms with Gasteiger partial charge in [-0.2, -0.15) is 0 Å². The quantitative estimate of drug-likeness (QED) is 0.597. The van der Waals surface area contributed by atoms with Crippen LogP contribution in [0.5, 0.6) is 0 Å². The van der Waals surface area contributed by atoms with E-state index in [9.17, 15) is 4.79 Å². The Hall–Kier alpha value is -2.70. The van der Waals surface area contributed by atoms with Gasteiger partial charge in [0.2, 0.25) is 0 Å². The minimum absolute atomic E-state index is 0.0165. The molecule has 2 aliphatic rings. The molecule has 2 aromatic heterocycles. The zero-order valence-electron chi connectivity index (χ0n) is 19.0. The van der Waals surface area contributed by atoms with Gasteiger partial charge in [0.1, 0.15) is 5.65 Å². The molecule has 1 aromatic carbocycles. The number of amides is 1. The van der Waals surface area contributed by atoms with Crippen LogP contribution in [0.1, 0.15) is 47.4 Å². The fraction of sp³-hybridized carbons (Fsp3) is 0.462. The average Bonchev–Trinajstić information content (AvgIpc) is 3.49. The number of nitrogens with zero attached hydrogens (tertiary/aromatic N) is 5. The summed E-state index contributed by atoms with van der Waals surface area (Å²) in [6.45, 7) is 5.67. The Kier molecular flexibility index (Phi) is 6.23. The molecule has 1 aliphatic carbocycles. The third-order valence-electron chi connectivity index (χ3n) is 7.06. The number of pyridine rings is 1. The molecule has 3 aromatic rings. The molecule has 1 saturated heterocycles. The molecular weight excluding hydrogens is 398 g/mol. The Bertz CT molecular complexity index is 1050. The first kappa shape index (κ1) is 21.2. The molecule has 1 amide bonds. The average molecular weight is 432 g/mol. The van der Waals surface area contributed by atoms with E-state index in [0.717, 1.165) is 55.7 Å². The van der Waals surface area contributed by atoms with Crippen LogP contribution in [0.2, 0.25) is 0 Å². The number of hydrogen-bond acceptors (Lipinski definition) is 4. The molecule has 1 saturated carbocycles. The summed E-state index contributed by atoms with van der Waals surface area (Å²) < 4.78 is 2.09. The minimum Gasteiger partial charge on any atom is -0.336 e. The molecular formula is C26H33N5O. The summed E-state index contributed by atoms with van der Waals surface area (Å²) in [4.78, 5) is 25.1. The van der Waals surface area contributed by atoms with Gasteiger partial charge in [-0.15, -0.1) is 0 Å². The minimum atomic E-state index is -0.0165. The molecule has 2 fully saturated rings. The van der Waals surface area contributed by atoms with Gasteiger partial charge in [0.05, 0.1) is 5.69 Å². The number of imidazole rings is 1. The third kappa shape index (κ3) is 4.43. The van der Waals surface area contributed by atoms with Gasteiger partial charge < -0.3 is 9.30 Å². The van der Waals surface area contributed by atoms with Crippen LogP contribution < -0.4 is 0 Å². The first-order valence-electron chi connectivity index (χ1n) is 11.9. The molecule has 1 aliphatic heterocycles. The van der Waals surface area contributed by atoms with Gasteiger partial charge >= 0.3 is 0 Å². The highest BCUT2D eigenvalue weighted by Crippen LogP contribution is 2.25. The van der Waals surface area contributed by atoms with Crippen LogP contribution in [0.3, 0.4) is 0 Å². The van der Waals surface area contributed by atoms with Crippen LogP contribution in [-0.2, 0) is 13.1 Å². The summed E-state index contributed by atoms with van der Waals surface area (Å²) in [5.74, 6) is -0.0165. The van der Waals surface area contributed by atoms with Crippen molar-refractivity contribution >= 4 is 11.6 Å². The highest BCUT2D eigenvalue weighted by atomic mass is 16.2. The van der Waals surface area contributed by atoms with Gasteiger partial charge in [0, 0.05) is 58.6 Å². The van der Waals surface area contributed by atoms with E-state index in [2.05, 4.69) is 26.3 Å². The van der Waals surface area contributed by atoms with E-state index in [1.165, 1.54) is 25.7 Å². The van der Waals surface area contributed by atoms with Crippen molar-refractivity contribution in [2.75, 3.05) is 33.2 Å². The van der Waals surface area contributed by atoms with Crippen LogP contribution in [0, 0.1) is 0 Å². The maximum Gasteiger partial charge on any atom is 0.274 e. The summed E-state index contributed by atoms with van der Waals surface area (Å²) in [5.41, 5.74) is 3.54. The monoisotopic (exact) mass is 431 g/mol. The maximum atomic E-state index is 13.4. The molecule has 3 heterocycles. The summed E-state index contributed by atoms with van der Waals surface area (Å²) in [6, 6.07) is 16.9. The number of rotatable bonds is 6. The summed E-state index contributed by atoms with van der Waals surface area (Å²) in [6.07, 6.45) is 7.52. The molecule has 0 unspecified atom stereocenters. The largest absolute Gasteiger partial charge is 0.336 e. The van der Waals surface area contributed by atoms with Gasteiger partial charge in [-0.05, 0) is 30.5 Å². The fourth-order valence-electron chi connectivity index (χ4n) is 5.25. The molecule has 0 atom stereocenters. The molecule has 5 rings (SSSR count). The van der Waals surface area contributed by atoms with Gasteiger partial charge in [-0.1, -0.05) is 49.2 Å². The van der Waals surface area contributed by atoms with Crippen molar-refractivity contribution in [3.8, 4) is 0 Å². The smallest absolute Gasteiger partial charge is 0.274 e. The number of benzene rings is 1. The first-order valence-corrected chi connectivity index (χ1v) is 11.9. The Morgan fingerprint density at radius 1 is 1.00 bits per heavy atom. The highest BCUT2D eigenvalue weighted by molar-refractivity contribution is 5.94. The highest BCUT2D eigenvalue weighted by Gasteiger charge is 2.28. The second-order valence-electron chi connectivity index (χ2n) is 9.23. The maximum absolute atomic E-state index is 13.4. The molecule has 32 heavy (non-hydrogen) atoms. The van der Waals surface area contributed by atoms with E-state index in [0.29, 0.717) is 12.2 Å². The first-order chi connectivity index (χ1) is 15.7. The SMILES string of the molecule is CN(Cc1ccccc1)C(=O)c1nc2ccccn2c1CN1CCN(C2CCCC2)CC1. The topological polar surface area (TPSA) is 44.1 Å². The van der Waals surface area contributed by atoms with Crippen molar-refractivity contribution in [1.29, 1.82) is 0 Å². The summed E-state index contributed by atoms with van der Waals surface area (Å²) in [7, 11) is 1.86. The van der Waals surface area contributed by atoms with E-state index in [4.69, 9.17) is 4.98 Å². The lowest BCUT2D eigenvalue weighted by molar-refractivity contribution is 0.0770. The lowest BCUT2D eigenvalue weighted by Crippen LogP contribution is -2.49. The van der Waals surface area contributed by atoms with E-state index in [1.807, 2.05) is 49.6 Å². The van der Waals surface area contributed by atoms with E-state index < -0.39 is 0 Å². The second kappa shape index (κ2) is 9.43. The van der Waals surface area contributed by atoms with Gasteiger partial charge in [-0.3, -0.25) is 14.6 Å². The van der Waals surface area contributed by atoms with Crippen molar-refractivity contribution in [2.24, 2.45) is 0 Å². The molecule has 6 heteroatoms. The molecule has 6 nitrogen and oxygen atoms in total. The zero-order chi connectivity index (χ0) is 21.9. The van der Waals surface area contributed by atoms with Crippen molar-refractivity contribution in [3.63, 3.8) is 0 Å². The molecule has 168 valence electrons. The molecule has 0 bridgehead atoms. The lowest BCUT2D eigenvalue weighted by atomic mass is 10.1. The summed E-state index contributed by atoms with van der Waals surface area (Å²) in [5, 5.41) is 0. The Morgan fingerprint density at radius 2 is 1.72 bits per heavy atom. The zero-order valence-corrected chi connectivity index (χ0v) is 19.0. The van der Waals surface area contributed by atoms with Crippen LogP contribution in [0.4, 0.5) is 0 Å². The molecule has 0 radical (unpaired) electrons. The number of hydrogen-bond donors (Lipinski definition) is 0. The van der Waals surface area contributed by atoms with Gasteiger partial charge in [-0.25, -0.2) is 4.98 Å². The Labute approximate surface area is 190 Å². The van der Waals surface area contributed by atoms with Gasteiger partial charge in [0.15, 0.2) is 5.69 Å². The van der Waals surface area contributed by atoms with Crippen LogP contribution >= 0.6 is 0 Å². The summed E-state index contributed by atoms with van der Waals surface area (Å²) >= 11 is 0. The van der Waals surface area contributed by atoms with E-state index >= 15 is 0 Å². The van der Waals surface area contributed by atoms with Crippen LogP contribution in [-0.4, -0.2) is 69.3 Å².